The lowest BCUT2D eigenvalue weighted by Gasteiger charge is -2.34. The zero-order valence-electron chi connectivity index (χ0n) is 33.7. The van der Waals surface area contributed by atoms with E-state index in [1.54, 1.807) is 0 Å². The van der Waals surface area contributed by atoms with E-state index in [1.807, 2.05) is 24.3 Å². The summed E-state index contributed by atoms with van der Waals surface area (Å²) in [5.74, 6) is 1.81. The first-order chi connectivity index (χ1) is 30.7. The molecule has 1 aliphatic carbocycles. The van der Waals surface area contributed by atoms with Crippen LogP contribution in [0.15, 0.2) is 231 Å². The highest BCUT2D eigenvalue weighted by Crippen LogP contribution is 2.56. The van der Waals surface area contributed by atoms with Crippen molar-refractivity contribution in [3.8, 4) is 62.1 Å². The van der Waals surface area contributed by atoms with Gasteiger partial charge in [0, 0.05) is 21.9 Å². The summed E-state index contributed by atoms with van der Waals surface area (Å²) >= 11 is 0. The first-order valence-electron chi connectivity index (χ1n) is 21.1. The minimum Gasteiger partial charge on any atom is -0.278 e. The highest BCUT2D eigenvalue weighted by Gasteiger charge is 2.46. The van der Waals surface area contributed by atoms with Gasteiger partial charge in [-0.15, -0.1) is 0 Å². The molecular weight excluding hydrogens is 753 g/mol. The maximum Gasteiger partial charge on any atom is 0.238 e. The van der Waals surface area contributed by atoms with Crippen molar-refractivity contribution in [3.05, 3.63) is 253 Å². The van der Waals surface area contributed by atoms with E-state index >= 15 is 0 Å². The van der Waals surface area contributed by atoms with E-state index in [0.29, 0.717) is 17.6 Å². The standard InChI is InChI=1S/C58H38N4/c1-5-18-39(19-6-1)41-22-17-23-44(36-41)56-59-55(40-20-7-2-8-21-40)60-57(61-56)62-53-31-16-14-29-49(53)50-37-42(33-35-54(50)62)43-32-34-48-47-28-13-15-30-51(47)58(52(48)38-43,45-24-9-3-10-25-45)46-26-11-4-12-27-46/h1-38H. The van der Waals surface area contributed by atoms with Gasteiger partial charge in [0.1, 0.15) is 0 Å². The van der Waals surface area contributed by atoms with Gasteiger partial charge in [0.2, 0.25) is 5.95 Å². The van der Waals surface area contributed by atoms with Gasteiger partial charge in [0.25, 0.3) is 0 Å². The van der Waals surface area contributed by atoms with Gasteiger partial charge in [0.05, 0.1) is 16.4 Å². The smallest absolute Gasteiger partial charge is 0.238 e. The Morgan fingerprint density at radius 1 is 0.306 bits per heavy atom. The molecule has 2 heterocycles. The number of benzene rings is 9. The number of fused-ring (bicyclic) bond motifs is 6. The Balaban J connectivity index is 1.05. The second-order valence-electron chi connectivity index (χ2n) is 16.0. The van der Waals surface area contributed by atoms with Crippen molar-refractivity contribution in [3.63, 3.8) is 0 Å². The van der Waals surface area contributed by atoms with E-state index in [-0.39, 0.29) is 0 Å². The van der Waals surface area contributed by atoms with Crippen molar-refractivity contribution >= 4 is 21.8 Å². The van der Waals surface area contributed by atoms with E-state index in [9.17, 15) is 0 Å². The van der Waals surface area contributed by atoms with Crippen LogP contribution in [-0.4, -0.2) is 19.5 Å². The quantitative estimate of drug-likeness (QED) is 0.161. The molecule has 11 aromatic rings. The number of aromatic nitrogens is 4. The first kappa shape index (κ1) is 35.7. The van der Waals surface area contributed by atoms with Crippen LogP contribution in [0.4, 0.5) is 0 Å². The van der Waals surface area contributed by atoms with Gasteiger partial charge in [0.15, 0.2) is 11.6 Å². The normalized spacial score (nSPS) is 12.6. The predicted molar refractivity (Wildman–Crippen MR) is 253 cm³/mol. The van der Waals surface area contributed by atoms with E-state index in [2.05, 4.69) is 211 Å². The molecule has 0 fully saturated rings. The highest BCUT2D eigenvalue weighted by atomic mass is 15.2. The van der Waals surface area contributed by atoms with Crippen LogP contribution in [0, 0.1) is 0 Å². The largest absolute Gasteiger partial charge is 0.278 e. The van der Waals surface area contributed by atoms with E-state index in [0.717, 1.165) is 49.6 Å². The highest BCUT2D eigenvalue weighted by molar-refractivity contribution is 6.10. The summed E-state index contributed by atoms with van der Waals surface area (Å²) in [7, 11) is 0. The summed E-state index contributed by atoms with van der Waals surface area (Å²) < 4.78 is 2.20. The monoisotopic (exact) mass is 790 g/mol. The SMILES string of the molecule is c1ccc(-c2cccc(-c3nc(-c4ccccc4)nc(-n4c5ccccc5c5cc(-c6ccc7c(c6)C(c6ccccc6)(c6ccccc6)c6ccccc6-7)ccc54)n3)c2)cc1. The average Bonchev–Trinajstić information content (AvgIpc) is 3.85. The van der Waals surface area contributed by atoms with Crippen molar-refractivity contribution in [2.75, 3.05) is 0 Å². The van der Waals surface area contributed by atoms with Gasteiger partial charge in [-0.2, -0.15) is 9.97 Å². The summed E-state index contributed by atoms with van der Waals surface area (Å²) in [4.78, 5) is 15.6. The van der Waals surface area contributed by atoms with Crippen LogP contribution in [0.3, 0.4) is 0 Å². The van der Waals surface area contributed by atoms with Gasteiger partial charge in [-0.05, 0) is 86.0 Å². The molecule has 0 N–H and O–H groups in total. The summed E-state index contributed by atoms with van der Waals surface area (Å²) in [6.45, 7) is 0. The second-order valence-corrected chi connectivity index (χ2v) is 16.0. The number of nitrogens with zero attached hydrogens (tertiary/aromatic N) is 4. The Kier molecular flexibility index (Phi) is 8.36. The van der Waals surface area contributed by atoms with Crippen LogP contribution in [0.25, 0.3) is 83.9 Å². The minimum absolute atomic E-state index is 0.474. The third-order valence-corrected chi connectivity index (χ3v) is 12.5. The van der Waals surface area contributed by atoms with E-state index < -0.39 is 5.41 Å². The lowest BCUT2D eigenvalue weighted by molar-refractivity contribution is 0.769. The number of hydrogen-bond donors (Lipinski definition) is 0. The van der Waals surface area contributed by atoms with Crippen molar-refractivity contribution in [2.45, 2.75) is 5.41 Å². The van der Waals surface area contributed by atoms with Crippen molar-refractivity contribution in [1.29, 1.82) is 0 Å². The minimum atomic E-state index is -0.474. The fourth-order valence-electron chi connectivity index (χ4n) is 9.77. The number of rotatable bonds is 7. The molecule has 2 aromatic heterocycles. The molecule has 0 unspecified atom stereocenters. The van der Waals surface area contributed by atoms with Crippen molar-refractivity contribution in [2.24, 2.45) is 0 Å². The third-order valence-electron chi connectivity index (χ3n) is 12.5. The Bertz CT molecular complexity index is 3410. The Labute approximate surface area is 360 Å². The summed E-state index contributed by atoms with van der Waals surface area (Å²) in [5.41, 5.74) is 15.7. The Hall–Kier alpha value is -8.21. The summed E-state index contributed by atoms with van der Waals surface area (Å²) in [6.07, 6.45) is 0. The van der Waals surface area contributed by atoms with Gasteiger partial charge >= 0.3 is 0 Å². The van der Waals surface area contributed by atoms with Crippen LogP contribution >= 0.6 is 0 Å². The fourth-order valence-corrected chi connectivity index (χ4v) is 9.77. The maximum absolute atomic E-state index is 5.26. The lowest BCUT2D eigenvalue weighted by Crippen LogP contribution is -2.28. The van der Waals surface area contributed by atoms with Crippen molar-refractivity contribution in [1.82, 2.24) is 19.5 Å². The zero-order chi connectivity index (χ0) is 41.0. The van der Waals surface area contributed by atoms with Crippen LogP contribution < -0.4 is 0 Å². The molecule has 62 heavy (non-hydrogen) atoms. The maximum atomic E-state index is 5.26. The van der Waals surface area contributed by atoms with Crippen LogP contribution in [0.1, 0.15) is 22.3 Å². The molecule has 4 nitrogen and oxygen atoms in total. The summed E-state index contributed by atoms with van der Waals surface area (Å²) in [6, 6.07) is 82.4. The van der Waals surface area contributed by atoms with Crippen LogP contribution in [-0.2, 0) is 5.41 Å². The molecule has 0 bridgehead atoms. The lowest BCUT2D eigenvalue weighted by atomic mass is 9.67. The van der Waals surface area contributed by atoms with E-state index in [4.69, 9.17) is 15.0 Å². The van der Waals surface area contributed by atoms with Crippen molar-refractivity contribution < 1.29 is 0 Å². The fraction of sp³-hybridized carbons (Fsp3) is 0.0172. The van der Waals surface area contributed by atoms with Gasteiger partial charge in [-0.1, -0.05) is 200 Å². The van der Waals surface area contributed by atoms with Crippen LogP contribution in [0.5, 0.6) is 0 Å². The zero-order valence-corrected chi connectivity index (χ0v) is 33.7. The molecule has 12 rings (SSSR count). The molecule has 0 atom stereocenters. The summed E-state index contributed by atoms with van der Waals surface area (Å²) in [5, 5.41) is 2.27. The number of para-hydroxylation sites is 1. The number of hydrogen-bond acceptors (Lipinski definition) is 3. The molecule has 0 amide bonds. The van der Waals surface area contributed by atoms with Gasteiger partial charge in [-0.3, -0.25) is 4.57 Å². The first-order valence-corrected chi connectivity index (χ1v) is 21.1. The van der Waals surface area contributed by atoms with Gasteiger partial charge in [-0.25, -0.2) is 4.98 Å². The molecular formula is C58H38N4. The Morgan fingerprint density at radius 2 is 0.823 bits per heavy atom. The molecule has 0 saturated heterocycles. The molecule has 0 saturated carbocycles. The van der Waals surface area contributed by atoms with Crippen LogP contribution in [0.2, 0.25) is 0 Å². The molecule has 290 valence electrons. The molecule has 1 aliphatic rings. The topological polar surface area (TPSA) is 43.6 Å². The second kappa shape index (κ2) is 14.5. The average molecular weight is 791 g/mol. The van der Waals surface area contributed by atoms with E-state index in [1.165, 1.54) is 38.9 Å². The predicted octanol–water partition coefficient (Wildman–Crippen LogP) is 14.0. The molecule has 0 radical (unpaired) electrons. The molecule has 0 spiro atoms. The Morgan fingerprint density at radius 3 is 1.56 bits per heavy atom. The molecule has 4 heteroatoms. The van der Waals surface area contributed by atoms with Gasteiger partial charge < -0.3 is 0 Å². The molecule has 9 aromatic carbocycles. The molecule has 0 aliphatic heterocycles. The third kappa shape index (κ3) is 5.65.